The molecule has 6 nitrogen and oxygen atoms in total. The summed E-state index contributed by atoms with van der Waals surface area (Å²) in [6.07, 6.45) is 12.2. The average Bonchev–Trinajstić information content (AvgIpc) is 3.07. The number of carboxylic acids is 1. The Morgan fingerprint density at radius 3 is 2.37 bits per heavy atom. The quantitative estimate of drug-likeness (QED) is 0.271. The van der Waals surface area contributed by atoms with Gasteiger partial charge in [-0.1, -0.05) is 58.3 Å². The van der Waals surface area contributed by atoms with Gasteiger partial charge in [0, 0.05) is 5.97 Å². The van der Waals surface area contributed by atoms with E-state index in [9.17, 15) is 19.5 Å². The zero-order valence-corrected chi connectivity index (χ0v) is 19.0. The molecule has 1 saturated carbocycles. The molecule has 0 bridgehead atoms. The summed E-state index contributed by atoms with van der Waals surface area (Å²) in [5.41, 5.74) is -0.711. The molecule has 7 heteroatoms. The monoisotopic (exact) mass is 388 g/mol. The molecule has 0 aromatic carbocycles. The predicted octanol–water partition coefficient (Wildman–Crippen LogP) is -0.344. The van der Waals surface area contributed by atoms with Gasteiger partial charge in [-0.3, -0.25) is 10.1 Å². The molecule has 148 valence electrons. The van der Waals surface area contributed by atoms with Crippen LogP contribution >= 0.6 is 0 Å². The van der Waals surface area contributed by atoms with Crippen molar-refractivity contribution in [3.63, 3.8) is 0 Å². The number of unbranched alkanes of at least 4 members (excludes halogenated alkanes) is 6. The Balaban J connectivity index is 0.00000364. The van der Waals surface area contributed by atoms with E-state index in [1.165, 1.54) is 25.7 Å². The van der Waals surface area contributed by atoms with Crippen LogP contribution in [0.5, 0.6) is 0 Å². The van der Waals surface area contributed by atoms with Crippen LogP contribution in [-0.2, 0) is 9.59 Å². The Hall–Kier alpha value is -0.590. The SMILES string of the molecule is CCCCCCC1CCC2(NC(=O)NC2=O)C1CCCCCCC(=O)[O-].[Na+]. The minimum atomic E-state index is -0.989. The number of carboxylic acid groups (broad SMARTS) is 1. The number of hydrogen-bond acceptors (Lipinski definition) is 4. The number of carbonyl (C=O) groups is 3. The van der Waals surface area contributed by atoms with Gasteiger partial charge in [-0.15, -0.1) is 0 Å². The first-order valence-electron chi connectivity index (χ1n) is 10.3. The molecule has 3 unspecified atom stereocenters. The summed E-state index contributed by atoms with van der Waals surface area (Å²) in [6, 6.07) is -0.361. The fourth-order valence-corrected chi connectivity index (χ4v) is 4.79. The average molecular weight is 388 g/mol. The molecule has 1 aliphatic heterocycles. The van der Waals surface area contributed by atoms with Crippen molar-refractivity contribution in [3.8, 4) is 0 Å². The van der Waals surface area contributed by atoms with Crippen molar-refractivity contribution in [1.82, 2.24) is 10.6 Å². The van der Waals surface area contributed by atoms with Crippen LogP contribution in [0.4, 0.5) is 4.79 Å². The van der Waals surface area contributed by atoms with Crippen LogP contribution in [-0.4, -0.2) is 23.4 Å². The number of aliphatic carboxylic acids is 1. The largest absolute Gasteiger partial charge is 1.00 e. The van der Waals surface area contributed by atoms with Gasteiger partial charge in [0.1, 0.15) is 5.54 Å². The van der Waals surface area contributed by atoms with E-state index in [2.05, 4.69) is 17.6 Å². The Labute approximate surface area is 184 Å². The molecule has 1 heterocycles. The van der Waals surface area contributed by atoms with E-state index in [0.717, 1.165) is 44.9 Å². The van der Waals surface area contributed by atoms with Gasteiger partial charge in [0.15, 0.2) is 0 Å². The summed E-state index contributed by atoms with van der Waals surface area (Å²) in [6.45, 7) is 2.20. The zero-order valence-electron chi connectivity index (χ0n) is 17.0. The third-order valence-electron chi connectivity index (χ3n) is 6.15. The molecule has 3 amide bonds. The predicted molar refractivity (Wildman–Crippen MR) is 97.1 cm³/mol. The van der Waals surface area contributed by atoms with Gasteiger partial charge in [0.25, 0.3) is 5.91 Å². The maximum atomic E-state index is 12.5. The van der Waals surface area contributed by atoms with Gasteiger partial charge in [-0.05, 0) is 43.9 Å². The van der Waals surface area contributed by atoms with Crippen LogP contribution in [0.2, 0.25) is 0 Å². The number of rotatable bonds is 12. The minimum Gasteiger partial charge on any atom is -0.550 e. The molecule has 27 heavy (non-hydrogen) atoms. The molecule has 3 atom stereocenters. The smallest absolute Gasteiger partial charge is 0.550 e. The number of amides is 3. The molecule has 0 aromatic rings. The van der Waals surface area contributed by atoms with Crippen LogP contribution in [0, 0.1) is 11.8 Å². The van der Waals surface area contributed by atoms with E-state index in [0.29, 0.717) is 12.3 Å². The first-order chi connectivity index (χ1) is 12.5. The van der Waals surface area contributed by atoms with Crippen molar-refractivity contribution in [3.05, 3.63) is 0 Å². The normalized spacial score (nSPS) is 26.7. The molecule has 2 rings (SSSR count). The maximum Gasteiger partial charge on any atom is 1.00 e. The molecule has 2 fully saturated rings. The van der Waals surface area contributed by atoms with Crippen molar-refractivity contribution in [2.45, 2.75) is 95.9 Å². The van der Waals surface area contributed by atoms with E-state index < -0.39 is 11.5 Å². The van der Waals surface area contributed by atoms with Gasteiger partial charge in [-0.2, -0.15) is 0 Å². The fourth-order valence-electron chi connectivity index (χ4n) is 4.79. The molecule has 1 saturated heterocycles. The van der Waals surface area contributed by atoms with E-state index in [-0.39, 0.29) is 53.8 Å². The van der Waals surface area contributed by atoms with Crippen molar-refractivity contribution >= 4 is 17.9 Å². The van der Waals surface area contributed by atoms with Gasteiger partial charge >= 0.3 is 35.6 Å². The number of carbonyl (C=O) groups excluding carboxylic acids is 3. The van der Waals surface area contributed by atoms with Crippen molar-refractivity contribution < 1.29 is 49.0 Å². The van der Waals surface area contributed by atoms with Gasteiger partial charge in [0.2, 0.25) is 0 Å². The second-order valence-corrected chi connectivity index (χ2v) is 7.96. The Morgan fingerprint density at radius 2 is 1.74 bits per heavy atom. The van der Waals surface area contributed by atoms with Gasteiger partial charge in [0.05, 0.1) is 0 Å². The molecule has 1 aliphatic carbocycles. The molecule has 1 spiro atoms. The summed E-state index contributed by atoms with van der Waals surface area (Å²) in [7, 11) is 0. The molecular formula is C20H33N2NaO4. The third-order valence-corrected chi connectivity index (χ3v) is 6.15. The van der Waals surface area contributed by atoms with Crippen LogP contribution < -0.4 is 45.3 Å². The third kappa shape index (κ3) is 6.75. The van der Waals surface area contributed by atoms with E-state index in [1.807, 2.05) is 0 Å². The fraction of sp³-hybridized carbons (Fsp3) is 0.850. The first kappa shape index (κ1) is 24.4. The van der Waals surface area contributed by atoms with Crippen molar-refractivity contribution in [1.29, 1.82) is 0 Å². The van der Waals surface area contributed by atoms with Crippen LogP contribution in [0.3, 0.4) is 0 Å². The van der Waals surface area contributed by atoms with Crippen molar-refractivity contribution in [2.75, 3.05) is 0 Å². The maximum absolute atomic E-state index is 12.5. The molecular weight excluding hydrogens is 355 g/mol. The Morgan fingerprint density at radius 1 is 1.07 bits per heavy atom. The van der Waals surface area contributed by atoms with Crippen LogP contribution in [0.25, 0.3) is 0 Å². The minimum absolute atomic E-state index is 0. The molecule has 2 aliphatic rings. The number of hydrogen-bond donors (Lipinski definition) is 2. The molecule has 2 N–H and O–H groups in total. The molecule has 0 radical (unpaired) electrons. The van der Waals surface area contributed by atoms with E-state index >= 15 is 0 Å². The Bertz CT molecular complexity index is 514. The van der Waals surface area contributed by atoms with Gasteiger partial charge < -0.3 is 15.2 Å². The van der Waals surface area contributed by atoms with E-state index in [1.54, 1.807) is 0 Å². The standard InChI is InChI=1S/C20H34N2O4.Na/c1-2-3-4-7-10-15-13-14-20(18(25)21-19(26)22-20)16(15)11-8-5-6-9-12-17(23)24;/h15-16H,2-14H2,1H3,(H,23,24)(H2,21,22,25,26);/q;+1/p-1. The zero-order chi connectivity index (χ0) is 19.0. The summed E-state index contributed by atoms with van der Waals surface area (Å²) in [4.78, 5) is 34.7. The second kappa shape index (κ2) is 12.1. The number of urea groups is 1. The van der Waals surface area contributed by atoms with Gasteiger partial charge in [-0.25, -0.2) is 4.79 Å². The first-order valence-corrected chi connectivity index (χ1v) is 10.3. The summed E-state index contributed by atoms with van der Waals surface area (Å²) in [5.74, 6) is -0.464. The molecule has 0 aromatic heterocycles. The number of nitrogens with one attached hydrogen (secondary N) is 2. The Kier molecular flexibility index (Phi) is 10.9. The van der Waals surface area contributed by atoms with Crippen LogP contribution in [0.15, 0.2) is 0 Å². The second-order valence-electron chi connectivity index (χ2n) is 7.96. The summed E-state index contributed by atoms with van der Waals surface area (Å²) < 4.78 is 0. The van der Waals surface area contributed by atoms with E-state index in [4.69, 9.17) is 0 Å². The summed E-state index contributed by atoms with van der Waals surface area (Å²) in [5, 5.41) is 15.9. The summed E-state index contributed by atoms with van der Waals surface area (Å²) >= 11 is 0. The van der Waals surface area contributed by atoms with Crippen LogP contribution in [0.1, 0.15) is 90.4 Å². The topological polar surface area (TPSA) is 98.3 Å². The van der Waals surface area contributed by atoms with Crippen molar-refractivity contribution in [2.24, 2.45) is 11.8 Å². The number of imide groups is 1.